The Morgan fingerprint density at radius 3 is 2.39 bits per heavy atom. The molecule has 0 fully saturated rings. The number of benzene rings is 2. The third-order valence-corrected chi connectivity index (χ3v) is 5.04. The molecule has 1 unspecified atom stereocenters. The Hall–Kier alpha value is -3.51. The van der Waals surface area contributed by atoms with Crippen LogP contribution in [0.15, 0.2) is 65.4 Å². The number of esters is 1. The zero-order chi connectivity index (χ0) is 22.5. The minimum atomic E-state index is -4.86. The number of methoxy groups -OCH3 is 1. The van der Waals surface area contributed by atoms with Crippen LogP contribution in [0.2, 0.25) is 0 Å². The Morgan fingerprint density at radius 1 is 1.06 bits per heavy atom. The molecule has 0 bridgehead atoms. The van der Waals surface area contributed by atoms with Crippen molar-refractivity contribution in [2.45, 2.75) is 18.4 Å². The first-order valence-electron chi connectivity index (χ1n) is 8.89. The van der Waals surface area contributed by atoms with Gasteiger partial charge in [-0.25, -0.2) is 4.79 Å². The van der Waals surface area contributed by atoms with Crippen LogP contribution < -0.4 is 9.47 Å². The topological polar surface area (TPSA) is 68.6 Å². The van der Waals surface area contributed by atoms with Crippen LogP contribution in [0.1, 0.15) is 16.7 Å². The summed E-state index contributed by atoms with van der Waals surface area (Å²) in [5, 5.41) is 13.5. The van der Waals surface area contributed by atoms with Gasteiger partial charge in [-0.1, -0.05) is 18.2 Å². The molecule has 160 valence electrons. The molecule has 2 aromatic carbocycles. The van der Waals surface area contributed by atoms with Gasteiger partial charge in [-0.05, 0) is 52.7 Å². The molecular weight excluding hydrogens is 431 g/mol. The Balaban J connectivity index is 2.13. The van der Waals surface area contributed by atoms with Gasteiger partial charge in [0.05, 0.1) is 12.7 Å². The zero-order valence-corrected chi connectivity index (χ0v) is 17.0. The maximum absolute atomic E-state index is 13.8. The molecule has 31 heavy (non-hydrogen) atoms. The predicted octanol–water partition coefficient (Wildman–Crippen LogP) is 5.32. The summed E-state index contributed by atoms with van der Waals surface area (Å²) in [5.74, 6) is -1.24. The number of rotatable bonds is 7. The van der Waals surface area contributed by atoms with Gasteiger partial charge in [-0.3, -0.25) is 0 Å². The molecule has 5 nitrogen and oxygen atoms in total. The van der Waals surface area contributed by atoms with Crippen molar-refractivity contribution in [1.29, 1.82) is 5.26 Å². The third-order valence-electron chi connectivity index (χ3n) is 4.31. The lowest BCUT2D eigenvalue weighted by Crippen LogP contribution is -2.43. The highest BCUT2D eigenvalue weighted by Gasteiger charge is 2.51. The second-order valence-corrected chi connectivity index (χ2v) is 7.11. The van der Waals surface area contributed by atoms with Crippen molar-refractivity contribution in [3.8, 4) is 17.6 Å². The molecular formula is C22H16F3NO4S. The van der Waals surface area contributed by atoms with Crippen molar-refractivity contribution < 1.29 is 32.2 Å². The van der Waals surface area contributed by atoms with E-state index in [4.69, 9.17) is 9.47 Å². The van der Waals surface area contributed by atoms with Gasteiger partial charge in [-0.2, -0.15) is 29.8 Å². The van der Waals surface area contributed by atoms with Gasteiger partial charge in [0.2, 0.25) is 0 Å². The molecule has 3 rings (SSSR count). The molecule has 0 spiro atoms. The number of halogens is 3. The average molecular weight is 447 g/mol. The number of para-hydroxylation sites is 1. The van der Waals surface area contributed by atoms with Crippen molar-refractivity contribution in [3.05, 3.63) is 82.0 Å². The van der Waals surface area contributed by atoms with Crippen LogP contribution in [0.3, 0.4) is 0 Å². The molecule has 0 amide bonds. The van der Waals surface area contributed by atoms with Gasteiger partial charge in [0.1, 0.15) is 24.2 Å². The lowest BCUT2D eigenvalue weighted by atomic mass is 9.89. The quantitative estimate of drug-likeness (QED) is 0.459. The molecule has 0 aliphatic rings. The van der Waals surface area contributed by atoms with E-state index in [2.05, 4.69) is 4.74 Å². The summed E-state index contributed by atoms with van der Waals surface area (Å²) in [7, 11) is 0.965. The van der Waals surface area contributed by atoms with Gasteiger partial charge < -0.3 is 14.2 Å². The number of thiophene rings is 1. The van der Waals surface area contributed by atoms with E-state index in [9.17, 15) is 23.2 Å². The maximum atomic E-state index is 13.8. The van der Waals surface area contributed by atoms with Crippen molar-refractivity contribution in [3.63, 3.8) is 0 Å². The fourth-order valence-electron chi connectivity index (χ4n) is 2.84. The van der Waals surface area contributed by atoms with Crippen molar-refractivity contribution in [1.82, 2.24) is 0 Å². The molecule has 0 radical (unpaired) electrons. The van der Waals surface area contributed by atoms with Crippen LogP contribution >= 0.6 is 11.3 Å². The Morgan fingerprint density at radius 2 is 1.81 bits per heavy atom. The van der Waals surface area contributed by atoms with Crippen LogP contribution in [0.25, 0.3) is 0 Å². The Kier molecular flexibility index (Phi) is 6.51. The van der Waals surface area contributed by atoms with Crippen LogP contribution in [-0.2, 0) is 27.9 Å². The van der Waals surface area contributed by atoms with Gasteiger partial charge in [0.15, 0.2) is 0 Å². The van der Waals surface area contributed by atoms with Crippen LogP contribution in [0.4, 0.5) is 13.2 Å². The first kappa shape index (κ1) is 22.2. The largest absolute Gasteiger partial charge is 0.489 e. The number of carbonyl (C=O) groups is 1. The number of alkyl halides is 3. The van der Waals surface area contributed by atoms with E-state index >= 15 is 0 Å². The average Bonchev–Trinajstić information content (AvgIpc) is 3.29. The van der Waals surface area contributed by atoms with E-state index in [0.717, 1.165) is 30.9 Å². The number of hydrogen-bond acceptors (Lipinski definition) is 6. The lowest BCUT2D eigenvalue weighted by molar-refractivity contribution is -0.157. The predicted molar refractivity (Wildman–Crippen MR) is 106 cm³/mol. The Bertz CT molecular complexity index is 1080. The first-order chi connectivity index (χ1) is 14.8. The smallest absolute Gasteiger partial charge is 0.416 e. The van der Waals surface area contributed by atoms with Crippen molar-refractivity contribution >= 4 is 17.3 Å². The van der Waals surface area contributed by atoms with E-state index in [1.165, 1.54) is 23.5 Å². The third kappa shape index (κ3) is 4.81. The molecule has 3 aromatic rings. The first-order valence-corrected chi connectivity index (χ1v) is 9.84. The second-order valence-electron chi connectivity index (χ2n) is 6.33. The molecule has 0 saturated carbocycles. The van der Waals surface area contributed by atoms with Crippen molar-refractivity contribution in [2.24, 2.45) is 0 Å². The second kappa shape index (κ2) is 9.10. The zero-order valence-electron chi connectivity index (χ0n) is 16.2. The van der Waals surface area contributed by atoms with Crippen LogP contribution in [0.5, 0.6) is 11.5 Å². The van der Waals surface area contributed by atoms with Gasteiger partial charge in [0, 0.05) is 5.56 Å². The summed E-state index contributed by atoms with van der Waals surface area (Å²) in [6, 6.07) is 13.9. The monoisotopic (exact) mass is 447 g/mol. The fraction of sp³-hybridized carbons (Fsp3) is 0.182. The summed E-state index contributed by atoms with van der Waals surface area (Å²) in [5.41, 5.74) is -3.81. The molecule has 0 N–H and O–H groups in total. The molecule has 1 atom stereocenters. The summed E-state index contributed by atoms with van der Waals surface area (Å²) in [4.78, 5) is 12.6. The van der Waals surface area contributed by atoms with Crippen molar-refractivity contribution in [2.75, 3.05) is 7.11 Å². The van der Waals surface area contributed by atoms with E-state index in [0.29, 0.717) is 0 Å². The highest BCUT2D eigenvalue weighted by Crippen LogP contribution is 2.41. The highest BCUT2D eigenvalue weighted by atomic mass is 32.1. The van der Waals surface area contributed by atoms with E-state index in [1.54, 1.807) is 24.3 Å². The maximum Gasteiger partial charge on any atom is 0.416 e. The molecule has 1 aromatic heterocycles. The molecule has 0 saturated heterocycles. The highest BCUT2D eigenvalue weighted by molar-refractivity contribution is 7.07. The molecule has 0 aliphatic heterocycles. The van der Waals surface area contributed by atoms with E-state index in [1.807, 2.05) is 16.8 Å². The summed E-state index contributed by atoms with van der Waals surface area (Å²) < 4.78 is 57.2. The number of nitriles is 1. The van der Waals surface area contributed by atoms with Gasteiger partial charge in [-0.15, -0.1) is 0 Å². The lowest BCUT2D eigenvalue weighted by Gasteiger charge is -2.28. The number of hydrogen-bond donors (Lipinski definition) is 0. The van der Waals surface area contributed by atoms with Crippen LogP contribution in [0, 0.1) is 11.3 Å². The Labute approximate surface area is 180 Å². The summed E-state index contributed by atoms with van der Waals surface area (Å²) >= 11 is 1.45. The fourth-order valence-corrected chi connectivity index (χ4v) is 3.49. The SMILES string of the molecule is COC(=O)C(C#N)(Oc1ccccc1)c1cc(OCc2ccsc2)ccc1C(F)(F)F. The summed E-state index contributed by atoms with van der Waals surface area (Å²) in [6.45, 7) is 0.103. The molecule has 9 heteroatoms. The number of ether oxygens (including phenoxy) is 3. The normalized spacial score (nSPS) is 13.0. The molecule has 0 aliphatic carbocycles. The number of carbonyl (C=O) groups excluding carboxylic acids is 1. The van der Waals surface area contributed by atoms with Crippen LogP contribution in [-0.4, -0.2) is 13.1 Å². The molecule has 1 heterocycles. The summed E-state index contributed by atoms with van der Waals surface area (Å²) in [6.07, 6.45) is -4.86. The number of nitrogens with zero attached hydrogens (tertiary/aromatic N) is 1. The minimum absolute atomic E-state index is 0.0205. The van der Waals surface area contributed by atoms with Gasteiger partial charge in [0.25, 0.3) is 0 Å². The van der Waals surface area contributed by atoms with E-state index < -0.39 is 28.9 Å². The standard InChI is InChI=1S/C22H16F3NO4S/c1-28-20(27)21(14-26,30-16-5-3-2-4-6-16)19-11-17(7-8-18(19)22(23,24)25)29-12-15-9-10-31-13-15/h2-11,13H,12H2,1H3. The minimum Gasteiger partial charge on any atom is -0.489 e. The van der Waals surface area contributed by atoms with E-state index in [-0.39, 0.29) is 18.1 Å². The van der Waals surface area contributed by atoms with Gasteiger partial charge >= 0.3 is 17.7 Å².